The van der Waals surface area contributed by atoms with Gasteiger partial charge in [-0.25, -0.2) is 15.0 Å². The minimum absolute atomic E-state index is 0.0525. The van der Waals surface area contributed by atoms with Gasteiger partial charge in [-0.3, -0.25) is 4.79 Å². The molecule has 0 saturated carbocycles. The summed E-state index contributed by atoms with van der Waals surface area (Å²) in [7, 11) is 1.73. The van der Waals surface area contributed by atoms with Crippen LogP contribution in [0.5, 0.6) is 0 Å². The van der Waals surface area contributed by atoms with Gasteiger partial charge in [-0.2, -0.15) is 0 Å². The van der Waals surface area contributed by atoms with Crippen LogP contribution in [0.2, 0.25) is 0 Å². The van der Waals surface area contributed by atoms with Crippen LogP contribution in [0.3, 0.4) is 0 Å². The number of ether oxygens (including phenoxy) is 1. The van der Waals surface area contributed by atoms with Crippen LogP contribution in [0.25, 0.3) is 0 Å². The van der Waals surface area contributed by atoms with Gasteiger partial charge >= 0.3 is 0 Å². The van der Waals surface area contributed by atoms with E-state index in [1.54, 1.807) is 19.5 Å². The van der Waals surface area contributed by atoms with E-state index in [-0.39, 0.29) is 17.4 Å². The van der Waals surface area contributed by atoms with Crippen LogP contribution in [-0.2, 0) is 4.74 Å². The van der Waals surface area contributed by atoms with E-state index in [1.807, 2.05) is 11.0 Å². The summed E-state index contributed by atoms with van der Waals surface area (Å²) in [5, 5.41) is 0. The largest absolute Gasteiger partial charge is 0.451 e. The molecule has 2 aliphatic heterocycles. The van der Waals surface area contributed by atoms with Crippen molar-refractivity contribution in [3.05, 3.63) is 36.8 Å². The van der Waals surface area contributed by atoms with Gasteiger partial charge in [-0.05, 0) is 30.7 Å². The number of rotatable bonds is 4. The van der Waals surface area contributed by atoms with Crippen LogP contribution in [0.15, 0.2) is 35.5 Å². The molecule has 138 valence electrons. The van der Waals surface area contributed by atoms with Crippen molar-refractivity contribution in [1.29, 1.82) is 0 Å². The Hall–Kier alpha value is -2.48. The van der Waals surface area contributed by atoms with Crippen molar-refractivity contribution in [3.63, 3.8) is 0 Å². The number of methoxy groups -OCH3 is 1. The number of oxazole rings is 1. The number of hydrogen-bond acceptors (Lipinski definition) is 7. The molecule has 4 heterocycles. The van der Waals surface area contributed by atoms with Gasteiger partial charge < -0.3 is 19.0 Å². The molecular formula is C18H23N5O3. The molecule has 2 fully saturated rings. The lowest BCUT2D eigenvalue weighted by atomic mass is 9.76. The predicted octanol–water partition coefficient (Wildman–Crippen LogP) is 1.61. The van der Waals surface area contributed by atoms with E-state index < -0.39 is 0 Å². The first-order valence-corrected chi connectivity index (χ1v) is 8.91. The number of hydrogen-bond donors (Lipinski definition) is 0. The van der Waals surface area contributed by atoms with E-state index >= 15 is 0 Å². The van der Waals surface area contributed by atoms with Crippen LogP contribution in [0.4, 0.5) is 5.95 Å². The topological polar surface area (TPSA) is 84.6 Å². The van der Waals surface area contributed by atoms with Gasteiger partial charge in [0.1, 0.15) is 6.26 Å². The van der Waals surface area contributed by atoms with E-state index in [4.69, 9.17) is 9.15 Å². The monoisotopic (exact) mass is 357 g/mol. The average Bonchev–Trinajstić information content (AvgIpc) is 3.32. The summed E-state index contributed by atoms with van der Waals surface area (Å²) < 4.78 is 10.4. The van der Waals surface area contributed by atoms with Gasteiger partial charge in [0.25, 0.3) is 5.91 Å². The summed E-state index contributed by atoms with van der Waals surface area (Å²) in [6.45, 7) is 3.02. The Balaban J connectivity index is 1.46. The molecule has 2 aromatic rings. The Morgan fingerprint density at radius 1 is 1.31 bits per heavy atom. The number of piperidine rings is 1. The Kier molecular flexibility index (Phi) is 4.58. The summed E-state index contributed by atoms with van der Waals surface area (Å²) in [4.78, 5) is 29.4. The average molecular weight is 357 g/mol. The molecular weight excluding hydrogens is 334 g/mol. The van der Waals surface area contributed by atoms with E-state index in [0.717, 1.165) is 44.8 Å². The fraction of sp³-hybridized carbons (Fsp3) is 0.556. The van der Waals surface area contributed by atoms with Crippen molar-refractivity contribution in [2.45, 2.75) is 25.3 Å². The SMILES string of the molecule is COCC1CC2(CCN(C(=O)c3cocn3)CC2)CN1c1ncccn1. The molecule has 26 heavy (non-hydrogen) atoms. The molecule has 2 saturated heterocycles. The standard InChI is InChI=1S/C18H23N5O3/c1-25-10-14-9-18(12-23(14)17-19-5-2-6-20-17)3-7-22(8-4-18)16(24)15-11-26-13-21-15/h2,5-6,11,13-14H,3-4,7-10,12H2,1H3. The third-order valence-electron chi connectivity index (χ3n) is 5.55. The molecule has 4 rings (SSSR count). The summed E-state index contributed by atoms with van der Waals surface area (Å²) in [5.41, 5.74) is 0.548. The highest BCUT2D eigenvalue weighted by molar-refractivity contribution is 5.91. The highest BCUT2D eigenvalue weighted by atomic mass is 16.5. The Morgan fingerprint density at radius 2 is 2.08 bits per heavy atom. The smallest absolute Gasteiger partial charge is 0.275 e. The van der Waals surface area contributed by atoms with Crippen molar-refractivity contribution in [2.24, 2.45) is 5.41 Å². The van der Waals surface area contributed by atoms with E-state index in [2.05, 4.69) is 19.9 Å². The second kappa shape index (κ2) is 7.03. The first kappa shape index (κ1) is 17.0. The molecule has 1 unspecified atom stereocenters. The number of aromatic nitrogens is 3. The number of nitrogens with zero attached hydrogens (tertiary/aromatic N) is 5. The quantitative estimate of drug-likeness (QED) is 0.822. The number of carbonyl (C=O) groups is 1. The molecule has 0 aromatic carbocycles. The van der Waals surface area contributed by atoms with E-state index in [0.29, 0.717) is 12.3 Å². The molecule has 1 spiro atoms. The highest BCUT2D eigenvalue weighted by Gasteiger charge is 2.47. The molecule has 0 aliphatic carbocycles. The second-order valence-corrected chi connectivity index (χ2v) is 7.16. The van der Waals surface area contributed by atoms with Gasteiger partial charge in [0.05, 0.1) is 12.6 Å². The first-order valence-electron chi connectivity index (χ1n) is 8.91. The third-order valence-corrected chi connectivity index (χ3v) is 5.55. The second-order valence-electron chi connectivity index (χ2n) is 7.16. The number of carbonyl (C=O) groups excluding carboxylic acids is 1. The van der Waals surface area contributed by atoms with Crippen molar-refractivity contribution >= 4 is 11.9 Å². The zero-order valence-corrected chi connectivity index (χ0v) is 14.9. The Bertz CT molecular complexity index is 729. The minimum Gasteiger partial charge on any atom is -0.451 e. The predicted molar refractivity (Wildman–Crippen MR) is 93.7 cm³/mol. The summed E-state index contributed by atoms with van der Waals surface area (Å²) in [6, 6.07) is 2.09. The molecule has 2 aromatic heterocycles. The van der Waals surface area contributed by atoms with Gasteiger partial charge in [0.2, 0.25) is 5.95 Å². The maximum absolute atomic E-state index is 12.5. The number of likely N-dealkylation sites (tertiary alicyclic amines) is 1. The molecule has 8 heteroatoms. The van der Waals surface area contributed by atoms with Gasteiger partial charge in [-0.15, -0.1) is 0 Å². The van der Waals surface area contributed by atoms with E-state index in [1.165, 1.54) is 12.7 Å². The van der Waals surface area contributed by atoms with Gasteiger partial charge in [-0.1, -0.05) is 0 Å². The van der Waals surface area contributed by atoms with Crippen molar-refractivity contribution < 1.29 is 13.9 Å². The van der Waals surface area contributed by atoms with Gasteiger partial charge in [0, 0.05) is 39.1 Å². The molecule has 2 aliphatic rings. The van der Waals surface area contributed by atoms with Crippen molar-refractivity contribution in [1.82, 2.24) is 19.9 Å². The molecule has 0 bridgehead atoms. The molecule has 0 radical (unpaired) electrons. The normalized spacial score (nSPS) is 22.1. The lowest BCUT2D eigenvalue weighted by Crippen LogP contribution is -2.44. The fourth-order valence-corrected chi connectivity index (χ4v) is 4.21. The lowest BCUT2D eigenvalue weighted by molar-refractivity contribution is 0.0593. The third kappa shape index (κ3) is 3.16. The first-order chi connectivity index (χ1) is 12.7. The molecule has 8 nitrogen and oxygen atoms in total. The summed E-state index contributed by atoms with van der Waals surface area (Å²) in [5.74, 6) is 0.704. The van der Waals surface area contributed by atoms with Crippen molar-refractivity contribution in [2.75, 3.05) is 38.3 Å². The molecule has 1 atom stereocenters. The van der Waals surface area contributed by atoms with Gasteiger partial charge in [0.15, 0.2) is 12.1 Å². The Morgan fingerprint density at radius 3 is 2.73 bits per heavy atom. The van der Waals surface area contributed by atoms with Crippen LogP contribution in [0.1, 0.15) is 29.8 Å². The maximum Gasteiger partial charge on any atom is 0.275 e. The number of anilines is 1. The summed E-state index contributed by atoms with van der Waals surface area (Å²) in [6.07, 6.45) is 9.20. The lowest BCUT2D eigenvalue weighted by Gasteiger charge is -2.39. The number of amides is 1. The highest BCUT2D eigenvalue weighted by Crippen LogP contribution is 2.44. The van der Waals surface area contributed by atoms with Crippen LogP contribution < -0.4 is 4.90 Å². The summed E-state index contributed by atoms with van der Waals surface area (Å²) >= 11 is 0. The van der Waals surface area contributed by atoms with Crippen LogP contribution >= 0.6 is 0 Å². The molecule has 0 N–H and O–H groups in total. The molecule has 1 amide bonds. The zero-order chi connectivity index (χ0) is 18.0. The maximum atomic E-state index is 12.5. The Labute approximate surface area is 152 Å². The zero-order valence-electron chi connectivity index (χ0n) is 14.9. The van der Waals surface area contributed by atoms with Crippen molar-refractivity contribution in [3.8, 4) is 0 Å². The van der Waals surface area contributed by atoms with E-state index in [9.17, 15) is 4.79 Å². The van der Waals surface area contributed by atoms with Crippen LogP contribution in [0, 0.1) is 5.41 Å². The minimum atomic E-state index is -0.0525. The van der Waals surface area contributed by atoms with Crippen LogP contribution in [-0.4, -0.2) is 65.2 Å². The fourth-order valence-electron chi connectivity index (χ4n) is 4.21.